The molecule has 150 valence electrons. The van der Waals surface area contributed by atoms with Gasteiger partial charge in [0.05, 0.1) is 7.05 Å². The quantitative estimate of drug-likeness (QED) is 0.615. The highest BCUT2D eigenvalue weighted by Crippen LogP contribution is 2.17. The van der Waals surface area contributed by atoms with E-state index >= 15 is 0 Å². The molecule has 2 aromatic rings. The third kappa shape index (κ3) is 7.04. The molecule has 2 atom stereocenters. The van der Waals surface area contributed by atoms with Crippen molar-refractivity contribution in [1.82, 2.24) is 5.32 Å². The molecule has 28 heavy (non-hydrogen) atoms. The van der Waals surface area contributed by atoms with Gasteiger partial charge >= 0.3 is 0 Å². The molecule has 2 amide bonds. The Morgan fingerprint density at radius 1 is 1.00 bits per heavy atom. The van der Waals surface area contributed by atoms with Crippen molar-refractivity contribution in [1.29, 1.82) is 0 Å². The topological polar surface area (TPSA) is 71.9 Å². The van der Waals surface area contributed by atoms with Crippen molar-refractivity contribution in [2.24, 2.45) is 0 Å². The number of rotatable bonds is 9. The van der Waals surface area contributed by atoms with Crippen LogP contribution in [0.5, 0.6) is 5.75 Å². The van der Waals surface area contributed by atoms with E-state index in [1.54, 1.807) is 0 Å². The summed E-state index contributed by atoms with van der Waals surface area (Å²) in [6, 6.07) is 17.0. The van der Waals surface area contributed by atoms with E-state index in [9.17, 15) is 9.59 Å². The average molecular weight is 385 g/mol. The molecule has 0 heterocycles. The molecule has 1 unspecified atom stereocenters. The van der Waals surface area contributed by atoms with Crippen LogP contribution in [0.2, 0.25) is 0 Å². The summed E-state index contributed by atoms with van der Waals surface area (Å²) in [7, 11) is 1.84. The van der Waals surface area contributed by atoms with Crippen LogP contribution in [-0.2, 0) is 16.2 Å². The standard InChI is InChI=1S/C22H29N3O3/c1-16(2)23-21(26)14-25(4)17(3)22(27)24-19-10-12-20(13-11-19)28-15-18-8-6-5-7-9-18/h5-13,16-17H,14-15H2,1-4H3,(H,23,26)(H,24,27)/p+1/t17-/m1/s1. The maximum atomic E-state index is 12.5. The summed E-state index contributed by atoms with van der Waals surface area (Å²) in [6.45, 7) is 6.38. The zero-order valence-electron chi connectivity index (χ0n) is 17.0. The van der Waals surface area contributed by atoms with Crippen LogP contribution in [-0.4, -0.2) is 37.5 Å². The molecule has 0 bridgehead atoms. The Morgan fingerprint density at radius 3 is 2.25 bits per heavy atom. The van der Waals surface area contributed by atoms with Crippen LogP contribution < -0.4 is 20.3 Å². The van der Waals surface area contributed by atoms with Gasteiger partial charge in [-0.3, -0.25) is 9.59 Å². The molecule has 6 heteroatoms. The van der Waals surface area contributed by atoms with Crippen LogP contribution >= 0.6 is 0 Å². The molecular weight excluding hydrogens is 354 g/mol. The maximum absolute atomic E-state index is 12.5. The van der Waals surface area contributed by atoms with Gasteiger partial charge in [-0.05, 0) is 50.6 Å². The second-order valence-electron chi connectivity index (χ2n) is 7.25. The summed E-state index contributed by atoms with van der Waals surface area (Å²) in [5, 5.41) is 5.73. The number of hydrogen-bond acceptors (Lipinski definition) is 3. The largest absolute Gasteiger partial charge is 0.489 e. The molecule has 0 fully saturated rings. The summed E-state index contributed by atoms with van der Waals surface area (Å²) >= 11 is 0. The lowest BCUT2D eigenvalue weighted by Gasteiger charge is -2.21. The van der Waals surface area contributed by atoms with E-state index in [2.05, 4.69) is 10.6 Å². The van der Waals surface area contributed by atoms with E-state index in [4.69, 9.17) is 4.74 Å². The van der Waals surface area contributed by atoms with E-state index in [1.165, 1.54) is 0 Å². The molecular formula is C22H30N3O3+. The van der Waals surface area contributed by atoms with Crippen molar-refractivity contribution in [3.8, 4) is 5.75 Å². The Balaban J connectivity index is 1.83. The minimum Gasteiger partial charge on any atom is -0.489 e. The first-order valence-electron chi connectivity index (χ1n) is 9.54. The molecule has 0 saturated heterocycles. The van der Waals surface area contributed by atoms with Crippen LogP contribution in [0, 0.1) is 0 Å². The lowest BCUT2D eigenvalue weighted by Crippen LogP contribution is -3.15. The van der Waals surface area contributed by atoms with Gasteiger partial charge in [-0.2, -0.15) is 0 Å². The summed E-state index contributed by atoms with van der Waals surface area (Å²) < 4.78 is 5.75. The molecule has 0 saturated carbocycles. The van der Waals surface area contributed by atoms with E-state index in [-0.39, 0.29) is 30.4 Å². The molecule has 0 spiro atoms. The van der Waals surface area contributed by atoms with E-state index in [1.807, 2.05) is 82.4 Å². The molecule has 6 nitrogen and oxygen atoms in total. The SMILES string of the molecule is CC(C)NC(=O)C[NH+](C)[C@H](C)C(=O)Nc1ccc(OCc2ccccc2)cc1. The number of carbonyl (C=O) groups excluding carboxylic acids is 2. The van der Waals surface area contributed by atoms with Gasteiger partial charge < -0.3 is 20.3 Å². The van der Waals surface area contributed by atoms with Crippen LogP contribution in [0.4, 0.5) is 5.69 Å². The monoisotopic (exact) mass is 384 g/mol. The molecule has 2 rings (SSSR count). The van der Waals surface area contributed by atoms with Crippen molar-refractivity contribution in [2.45, 2.75) is 39.5 Å². The summed E-state index contributed by atoms with van der Waals surface area (Å²) in [5.74, 6) is 0.544. The van der Waals surface area contributed by atoms with Crippen molar-refractivity contribution < 1.29 is 19.2 Å². The van der Waals surface area contributed by atoms with Crippen LogP contribution in [0.15, 0.2) is 54.6 Å². The highest BCUT2D eigenvalue weighted by Gasteiger charge is 2.24. The average Bonchev–Trinajstić information content (AvgIpc) is 2.66. The number of likely N-dealkylation sites (N-methyl/N-ethyl adjacent to an activating group) is 1. The number of hydrogen-bond donors (Lipinski definition) is 3. The zero-order valence-corrected chi connectivity index (χ0v) is 17.0. The molecule has 0 aromatic heterocycles. The predicted molar refractivity (Wildman–Crippen MR) is 110 cm³/mol. The molecule has 2 aromatic carbocycles. The first-order chi connectivity index (χ1) is 13.3. The Labute approximate surface area is 166 Å². The van der Waals surface area contributed by atoms with Crippen molar-refractivity contribution in [3.63, 3.8) is 0 Å². The number of carbonyl (C=O) groups is 2. The van der Waals surface area contributed by atoms with E-state index in [0.29, 0.717) is 12.3 Å². The van der Waals surface area contributed by atoms with Gasteiger partial charge in [0.2, 0.25) is 0 Å². The minimum absolute atomic E-state index is 0.0629. The van der Waals surface area contributed by atoms with Gasteiger partial charge in [0, 0.05) is 11.7 Å². The normalized spacial score (nSPS) is 12.9. The molecule has 3 N–H and O–H groups in total. The Kier molecular flexibility index (Phi) is 8.02. The second-order valence-corrected chi connectivity index (χ2v) is 7.25. The molecule has 0 aliphatic carbocycles. The van der Waals surface area contributed by atoms with Gasteiger partial charge in [0.15, 0.2) is 12.6 Å². The first-order valence-corrected chi connectivity index (χ1v) is 9.54. The summed E-state index contributed by atoms with van der Waals surface area (Å²) in [5.41, 5.74) is 1.80. The Bertz CT molecular complexity index is 760. The predicted octanol–water partition coefficient (Wildman–Crippen LogP) is 1.63. The number of quaternary nitrogens is 1. The zero-order chi connectivity index (χ0) is 20.5. The Hall–Kier alpha value is -2.86. The number of ether oxygens (including phenoxy) is 1. The first kappa shape index (κ1) is 21.4. The van der Waals surface area contributed by atoms with Crippen LogP contribution in [0.3, 0.4) is 0 Å². The van der Waals surface area contributed by atoms with Crippen LogP contribution in [0.1, 0.15) is 26.3 Å². The van der Waals surface area contributed by atoms with E-state index < -0.39 is 0 Å². The van der Waals surface area contributed by atoms with E-state index in [0.717, 1.165) is 16.2 Å². The third-order valence-electron chi connectivity index (χ3n) is 4.39. The van der Waals surface area contributed by atoms with Gasteiger partial charge in [-0.1, -0.05) is 30.3 Å². The van der Waals surface area contributed by atoms with Gasteiger partial charge in [-0.25, -0.2) is 0 Å². The highest BCUT2D eigenvalue weighted by molar-refractivity contribution is 5.93. The minimum atomic E-state index is -0.355. The molecule has 0 radical (unpaired) electrons. The lowest BCUT2D eigenvalue weighted by atomic mass is 10.2. The van der Waals surface area contributed by atoms with Crippen molar-refractivity contribution in [3.05, 3.63) is 60.2 Å². The second kappa shape index (κ2) is 10.5. The van der Waals surface area contributed by atoms with Crippen molar-refractivity contribution >= 4 is 17.5 Å². The fraction of sp³-hybridized carbons (Fsp3) is 0.364. The maximum Gasteiger partial charge on any atom is 0.282 e. The molecule has 0 aliphatic heterocycles. The highest BCUT2D eigenvalue weighted by atomic mass is 16.5. The number of benzene rings is 2. The summed E-state index contributed by atoms with van der Waals surface area (Å²) in [6.07, 6.45) is 0. The van der Waals surface area contributed by atoms with Gasteiger partial charge in [-0.15, -0.1) is 0 Å². The molecule has 0 aliphatic rings. The number of anilines is 1. The van der Waals surface area contributed by atoms with Gasteiger partial charge in [0.25, 0.3) is 11.8 Å². The van der Waals surface area contributed by atoms with Crippen LogP contribution in [0.25, 0.3) is 0 Å². The Morgan fingerprint density at radius 2 is 1.64 bits per heavy atom. The number of nitrogens with one attached hydrogen (secondary N) is 3. The lowest BCUT2D eigenvalue weighted by molar-refractivity contribution is -0.885. The summed E-state index contributed by atoms with van der Waals surface area (Å²) in [4.78, 5) is 25.2. The third-order valence-corrected chi connectivity index (χ3v) is 4.39. The number of amides is 2. The van der Waals surface area contributed by atoms with Crippen molar-refractivity contribution in [2.75, 3.05) is 18.9 Å². The fourth-order valence-corrected chi connectivity index (χ4v) is 2.63. The smallest absolute Gasteiger partial charge is 0.282 e. The fourth-order valence-electron chi connectivity index (χ4n) is 2.63. The van der Waals surface area contributed by atoms with Gasteiger partial charge in [0.1, 0.15) is 12.4 Å².